The molecule has 0 bridgehead atoms. The lowest BCUT2D eigenvalue weighted by atomic mass is 10.1. The molecule has 0 unspecified atom stereocenters. The molecule has 0 amide bonds. The fraction of sp³-hybridized carbons (Fsp3) is 0. The summed E-state index contributed by atoms with van der Waals surface area (Å²) in [5, 5.41) is 0.817. The van der Waals surface area contributed by atoms with Gasteiger partial charge in [0.05, 0.1) is 5.69 Å². The standard InChI is InChI=1S/C14H10FN3O2S/c15-12-4-2-7-17-14(12)21(19,20)18-13-5-1-3-10-6-8-16-9-11(10)13/h1-9,18H. The zero-order valence-corrected chi connectivity index (χ0v) is 11.5. The van der Waals surface area contributed by atoms with Gasteiger partial charge in [-0.25, -0.2) is 9.37 Å². The molecule has 5 nitrogen and oxygen atoms in total. The van der Waals surface area contributed by atoms with E-state index in [1.165, 1.54) is 12.3 Å². The second-order valence-electron chi connectivity index (χ2n) is 4.30. The molecule has 0 radical (unpaired) electrons. The molecule has 3 rings (SSSR count). The van der Waals surface area contributed by atoms with E-state index in [1.807, 2.05) is 6.07 Å². The SMILES string of the molecule is O=S(=O)(Nc1cccc2ccncc12)c1ncccc1F. The third kappa shape index (κ3) is 2.55. The zero-order chi connectivity index (χ0) is 14.9. The highest BCUT2D eigenvalue weighted by Gasteiger charge is 2.21. The van der Waals surface area contributed by atoms with E-state index < -0.39 is 20.9 Å². The van der Waals surface area contributed by atoms with Crippen LogP contribution in [0, 0.1) is 5.82 Å². The summed E-state index contributed by atoms with van der Waals surface area (Å²) in [6.07, 6.45) is 4.38. The molecule has 0 spiro atoms. The number of aromatic nitrogens is 2. The van der Waals surface area contributed by atoms with Crippen molar-refractivity contribution in [2.45, 2.75) is 5.03 Å². The maximum atomic E-state index is 13.6. The minimum absolute atomic E-state index is 0.325. The fourth-order valence-electron chi connectivity index (χ4n) is 1.96. The Bertz CT molecular complexity index is 907. The fourth-order valence-corrected chi connectivity index (χ4v) is 3.05. The average molecular weight is 303 g/mol. The van der Waals surface area contributed by atoms with Gasteiger partial charge in [0, 0.05) is 24.0 Å². The van der Waals surface area contributed by atoms with Crippen molar-refractivity contribution in [2.75, 3.05) is 4.72 Å². The van der Waals surface area contributed by atoms with Gasteiger partial charge in [-0.15, -0.1) is 0 Å². The number of halogens is 1. The molecule has 0 aliphatic carbocycles. The maximum Gasteiger partial charge on any atom is 0.282 e. The summed E-state index contributed by atoms with van der Waals surface area (Å²) in [5.41, 5.74) is 0.325. The molecule has 2 heterocycles. The molecule has 0 fully saturated rings. The quantitative estimate of drug-likeness (QED) is 0.807. The van der Waals surface area contributed by atoms with E-state index in [0.717, 1.165) is 11.5 Å². The lowest BCUT2D eigenvalue weighted by Gasteiger charge is -2.10. The normalized spacial score (nSPS) is 11.5. The highest BCUT2D eigenvalue weighted by molar-refractivity contribution is 7.92. The molecule has 1 N–H and O–H groups in total. The van der Waals surface area contributed by atoms with Gasteiger partial charge in [0.15, 0.2) is 5.82 Å². The highest BCUT2D eigenvalue weighted by atomic mass is 32.2. The molecule has 21 heavy (non-hydrogen) atoms. The largest absolute Gasteiger partial charge is 0.282 e. The highest BCUT2D eigenvalue weighted by Crippen LogP contribution is 2.24. The molecule has 1 aromatic carbocycles. The van der Waals surface area contributed by atoms with E-state index in [0.29, 0.717) is 11.1 Å². The first-order valence-corrected chi connectivity index (χ1v) is 7.52. The van der Waals surface area contributed by atoms with Crippen LogP contribution < -0.4 is 4.72 Å². The lowest BCUT2D eigenvalue weighted by molar-refractivity contribution is 0.557. The van der Waals surface area contributed by atoms with Gasteiger partial charge in [-0.3, -0.25) is 9.71 Å². The number of anilines is 1. The summed E-state index contributed by atoms with van der Waals surface area (Å²) >= 11 is 0. The van der Waals surface area contributed by atoms with Gasteiger partial charge >= 0.3 is 0 Å². The molecule has 106 valence electrons. The third-order valence-corrected chi connectivity index (χ3v) is 4.21. The minimum Gasteiger partial charge on any atom is -0.278 e. The van der Waals surface area contributed by atoms with Gasteiger partial charge in [-0.05, 0) is 29.7 Å². The van der Waals surface area contributed by atoms with Crippen LogP contribution in [0.5, 0.6) is 0 Å². The first-order valence-electron chi connectivity index (χ1n) is 6.04. The Kier molecular flexibility index (Phi) is 3.26. The van der Waals surface area contributed by atoms with E-state index in [1.54, 1.807) is 30.6 Å². The van der Waals surface area contributed by atoms with E-state index >= 15 is 0 Å². The first-order chi connectivity index (χ1) is 10.1. The van der Waals surface area contributed by atoms with Crippen molar-refractivity contribution in [3.8, 4) is 0 Å². The molecule has 0 saturated carbocycles. The van der Waals surface area contributed by atoms with Crippen molar-refractivity contribution < 1.29 is 12.8 Å². The van der Waals surface area contributed by atoms with Gasteiger partial charge in [0.2, 0.25) is 5.03 Å². The summed E-state index contributed by atoms with van der Waals surface area (Å²) < 4.78 is 40.4. The van der Waals surface area contributed by atoms with Crippen LogP contribution in [0.25, 0.3) is 10.8 Å². The number of pyridine rings is 2. The molecular formula is C14H10FN3O2S. The smallest absolute Gasteiger partial charge is 0.278 e. The number of nitrogens with zero attached hydrogens (tertiary/aromatic N) is 2. The predicted octanol–water partition coefficient (Wildman–Crippen LogP) is 2.57. The molecule has 3 aromatic rings. The number of hydrogen-bond donors (Lipinski definition) is 1. The van der Waals surface area contributed by atoms with Crippen LogP contribution in [0.3, 0.4) is 0 Å². The van der Waals surface area contributed by atoms with E-state index in [2.05, 4.69) is 14.7 Å². The summed E-state index contributed by atoms with van der Waals surface area (Å²) in [4.78, 5) is 7.55. The van der Waals surface area contributed by atoms with Gasteiger partial charge in [0.25, 0.3) is 10.0 Å². The Labute approximate surface area is 120 Å². The van der Waals surface area contributed by atoms with Crippen LogP contribution in [-0.4, -0.2) is 18.4 Å². The number of sulfonamides is 1. The Morgan fingerprint density at radius 2 is 1.90 bits per heavy atom. The molecule has 2 aromatic heterocycles. The van der Waals surface area contributed by atoms with E-state index in [-0.39, 0.29) is 0 Å². The van der Waals surface area contributed by atoms with Gasteiger partial charge in [-0.2, -0.15) is 8.42 Å². The number of fused-ring (bicyclic) bond motifs is 1. The summed E-state index contributed by atoms with van der Waals surface area (Å²) in [5.74, 6) is -0.900. The maximum absolute atomic E-state index is 13.6. The number of rotatable bonds is 3. The van der Waals surface area contributed by atoms with Crippen molar-refractivity contribution in [3.63, 3.8) is 0 Å². The summed E-state index contributed by atoms with van der Waals surface area (Å²) in [6.45, 7) is 0. The second-order valence-corrected chi connectivity index (χ2v) is 5.90. The topological polar surface area (TPSA) is 72.0 Å². The Balaban J connectivity index is 2.08. The van der Waals surface area contributed by atoms with Crippen LogP contribution in [0.1, 0.15) is 0 Å². The van der Waals surface area contributed by atoms with Crippen molar-refractivity contribution in [3.05, 3.63) is 60.8 Å². The zero-order valence-electron chi connectivity index (χ0n) is 10.7. The summed E-state index contributed by atoms with van der Waals surface area (Å²) in [6, 6.07) is 9.25. The molecule has 0 aliphatic rings. The minimum atomic E-state index is -4.10. The van der Waals surface area contributed by atoms with Crippen LogP contribution in [-0.2, 0) is 10.0 Å². The van der Waals surface area contributed by atoms with Crippen LogP contribution in [0.4, 0.5) is 10.1 Å². The number of nitrogens with one attached hydrogen (secondary N) is 1. The van der Waals surface area contributed by atoms with Crippen LogP contribution >= 0.6 is 0 Å². The van der Waals surface area contributed by atoms with Crippen molar-refractivity contribution in [1.82, 2.24) is 9.97 Å². The van der Waals surface area contributed by atoms with Gasteiger partial charge in [-0.1, -0.05) is 12.1 Å². The monoisotopic (exact) mass is 303 g/mol. The predicted molar refractivity (Wildman–Crippen MR) is 76.7 cm³/mol. The Hall–Kier alpha value is -2.54. The second kappa shape index (κ2) is 5.10. The van der Waals surface area contributed by atoms with Crippen LogP contribution in [0.15, 0.2) is 60.0 Å². The molecular weight excluding hydrogens is 293 g/mol. The van der Waals surface area contributed by atoms with E-state index in [9.17, 15) is 12.8 Å². The number of benzene rings is 1. The molecule has 7 heteroatoms. The molecule has 0 atom stereocenters. The van der Waals surface area contributed by atoms with Gasteiger partial charge < -0.3 is 0 Å². The first kappa shape index (κ1) is 13.4. The van der Waals surface area contributed by atoms with Crippen LogP contribution in [0.2, 0.25) is 0 Å². The average Bonchev–Trinajstić information content (AvgIpc) is 2.47. The van der Waals surface area contributed by atoms with Crippen molar-refractivity contribution in [1.29, 1.82) is 0 Å². The Morgan fingerprint density at radius 1 is 1.05 bits per heavy atom. The van der Waals surface area contributed by atoms with Crippen molar-refractivity contribution >= 4 is 26.5 Å². The van der Waals surface area contributed by atoms with Crippen molar-refractivity contribution in [2.24, 2.45) is 0 Å². The molecule has 0 saturated heterocycles. The third-order valence-electron chi connectivity index (χ3n) is 2.91. The lowest BCUT2D eigenvalue weighted by Crippen LogP contribution is -2.16. The summed E-state index contributed by atoms with van der Waals surface area (Å²) in [7, 11) is -4.10. The van der Waals surface area contributed by atoms with Gasteiger partial charge in [0.1, 0.15) is 0 Å². The van der Waals surface area contributed by atoms with E-state index in [4.69, 9.17) is 0 Å². The Morgan fingerprint density at radius 3 is 2.71 bits per heavy atom. The number of hydrogen-bond acceptors (Lipinski definition) is 4. The molecule has 0 aliphatic heterocycles.